The normalized spacial score (nSPS) is 12.3. The first-order valence-electron chi connectivity index (χ1n) is 4.42. The van der Waals surface area contributed by atoms with Crippen molar-refractivity contribution >= 4 is 0 Å². The van der Waals surface area contributed by atoms with Crippen molar-refractivity contribution in [2.24, 2.45) is 0 Å². The highest BCUT2D eigenvalue weighted by molar-refractivity contribution is 4.60. The zero-order valence-electron chi connectivity index (χ0n) is 8.36. The average Bonchev–Trinajstić information content (AvgIpc) is 1.91. The second kappa shape index (κ2) is 8.96. The van der Waals surface area contributed by atoms with Gasteiger partial charge in [0.15, 0.2) is 0 Å². The molecule has 0 heterocycles. The van der Waals surface area contributed by atoms with Gasteiger partial charge in [0.25, 0.3) is 0 Å². The Labute approximate surface area is 66.2 Å². The minimum Gasteiger partial charge on any atom is -0.312 e. The molecule has 64 valence electrons. The van der Waals surface area contributed by atoms with Gasteiger partial charge in [-0.2, -0.15) is 0 Å². The van der Waals surface area contributed by atoms with E-state index < -0.39 is 0 Å². The predicted molar refractivity (Wildman–Crippen MR) is 49.4 cm³/mol. The molecule has 0 rings (SSSR count). The van der Waals surface area contributed by atoms with Crippen molar-refractivity contribution in [3.63, 3.8) is 0 Å². The number of rotatable bonds is 3. The van der Waals surface area contributed by atoms with E-state index >= 15 is 0 Å². The van der Waals surface area contributed by atoms with E-state index in [2.05, 4.69) is 33.0 Å². The molecule has 0 fully saturated rings. The zero-order chi connectivity index (χ0) is 8.57. The third-order valence-electron chi connectivity index (χ3n) is 1.23. The zero-order valence-corrected chi connectivity index (χ0v) is 8.36. The van der Waals surface area contributed by atoms with Crippen LogP contribution in [0.15, 0.2) is 0 Å². The van der Waals surface area contributed by atoms with Gasteiger partial charge in [0, 0.05) is 12.1 Å². The van der Waals surface area contributed by atoms with E-state index in [-0.39, 0.29) is 0 Å². The van der Waals surface area contributed by atoms with Crippen molar-refractivity contribution < 1.29 is 0 Å². The Bertz CT molecular complexity index is 50.7. The van der Waals surface area contributed by atoms with Gasteiger partial charge < -0.3 is 5.32 Å². The van der Waals surface area contributed by atoms with Gasteiger partial charge >= 0.3 is 0 Å². The minimum absolute atomic E-state index is 0.630. The van der Waals surface area contributed by atoms with Gasteiger partial charge in [0.1, 0.15) is 0 Å². The van der Waals surface area contributed by atoms with Crippen LogP contribution in [0, 0.1) is 0 Å². The highest BCUT2D eigenvalue weighted by atomic mass is 14.9. The van der Waals surface area contributed by atoms with Crippen LogP contribution in [-0.2, 0) is 0 Å². The van der Waals surface area contributed by atoms with Crippen molar-refractivity contribution in [3.05, 3.63) is 0 Å². The van der Waals surface area contributed by atoms with Gasteiger partial charge in [-0.15, -0.1) is 0 Å². The molecule has 0 aromatic heterocycles. The molecule has 0 spiro atoms. The van der Waals surface area contributed by atoms with Crippen LogP contribution >= 0.6 is 0 Å². The summed E-state index contributed by atoms with van der Waals surface area (Å²) >= 11 is 0. The van der Waals surface area contributed by atoms with Crippen LogP contribution in [0.2, 0.25) is 0 Å². The van der Waals surface area contributed by atoms with E-state index in [0.29, 0.717) is 12.1 Å². The topological polar surface area (TPSA) is 12.0 Å². The molecule has 0 aromatic rings. The van der Waals surface area contributed by atoms with Crippen LogP contribution in [0.4, 0.5) is 0 Å². The van der Waals surface area contributed by atoms with Crippen LogP contribution in [0.25, 0.3) is 0 Å². The quantitative estimate of drug-likeness (QED) is 0.644. The highest BCUT2D eigenvalue weighted by Crippen LogP contribution is 1.89. The molecule has 1 heteroatoms. The second-order valence-electron chi connectivity index (χ2n) is 2.63. The Morgan fingerprint density at radius 1 is 1.10 bits per heavy atom. The SMILES string of the molecule is CC.CCC(C)NC(C)C. The van der Waals surface area contributed by atoms with E-state index in [1.54, 1.807) is 0 Å². The van der Waals surface area contributed by atoms with Crippen LogP contribution in [0.3, 0.4) is 0 Å². The lowest BCUT2D eigenvalue weighted by atomic mass is 10.2. The van der Waals surface area contributed by atoms with E-state index in [1.165, 1.54) is 6.42 Å². The average molecular weight is 145 g/mol. The van der Waals surface area contributed by atoms with E-state index in [4.69, 9.17) is 0 Å². The summed E-state index contributed by atoms with van der Waals surface area (Å²) in [5, 5.41) is 3.39. The van der Waals surface area contributed by atoms with Crippen LogP contribution in [-0.4, -0.2) is 12.1 Å². The molecular formula is C9H23N. The molecule has 0 amide bonds. The molecule has 1 nitrogen and oxygen atoms in total. The van der Waals surface area contributed by atoms with Crippen molar-refractivity contribution in [3.8, 4) is 0 Å². The first-order valence-corrected chi connectivity index (χ1v) is 4.42. The molecule has 0 aliphatic heterocycles. The maximum atomic E-state index is 3.39. The summed E-state index contributed by atoms with van der Waals surface area (Å²) in [7, 11) is 0. The summed E-state index contributed by atoms with van der Waals surface area (Å²) in [5.41, 5.74) is 0. The van der Waals surface area contributed by atoms with Crippen molar-refractivity contribution in [1.82, 2.24) is 5.32 Å². The third kappa shape index (κ3) is 10.9. The van der Waals surface area contributed by atoms with Crippen LogP contribution in [0.5, 0.6) is 0 Å². The molecule has 0 saturated carbocycles. The highest BCUT2D eigenvalue weighted by Gasteiger charge is 1.97. The molecule has 10 heavy (non-hydrogen) atoms. The molecule has 0 bridgehead atoms. The molecule has 0 saturated heterocycles. The third-order valence-corrected chi connectivity index (χ3v) is 1.23. The molecule has 1 unspecified atom stereocenters. The molecular weight excluding hydrogens is 122 g/mol. The van der Waals surface area contributed by atoms with Crippen molar-refractivity contribution in [1.29, 1.82) is 0 Å². The summed E-state index contributed by atoms with van der Waals surface area (Å²) in [6.45, 7) is 12.7. The summed E-state index contributed by atoms with van der Waals surface area (Å²) < 4.78 is 0. The Morgan fingerprint density at radius 3 is 1.60 bits per heavy atom. The van der Waals surface area contributed by atoms with Gasteiger partial charge in [0.2, 0.25) is 0 Å². The minimum atomic E-state index is 0.630. The lowest BCUT2D eigenvalue weighted by Gasteiger charge is -2.13. The summed E-state index contributed by atoms with van der Waals surface area (Å²) in [4.78, 5) is 0. The summed E-state index contributed by atoms with van der Waals surface area (Å²) in [6.07, 6.45) is 1.22. The van der Waals surface area contributed by atoms with E-state index in [9.17, 15) is 0 Å². The second-order valence-corrected chi connectivity index (χ2v) is 2.63. The molecule has 0 aliphatic rings. The maximum absolute atomic E-state index is 3.39. The predicted octanol–water partition coefficient (Wildman–Crippen LogP) is 2.81. The number of hydrogen-bond acceptors (Lipinski definition) is 1. The smallest absolute Gasteiger partial charge is 0.00384 e. The van der Waals surface area contributed by atoms with Gasteiger partial charge in [0.05, 0.1) is 0 Å². The molecule has 0 radical (unpaired) electrons. The Kier molecular flexibility index (Phi) is 11.3. The Hall–Kier alpha value is -0.0400. The Balaban J connectivity index is 0. The maximum Gasteiger partial charge on any atom is 0.00384 e. The lowest BCUT2D eigenvalue weighted by molar-refractivity contribution is 0.479. The van der Waals surface area contributed by atoms with Crippen molar-refractivity contribution in [2.45, 2.75) is 60.0 Å². The van der Waals surface area contributed by atoms with Crippen molar-refractivity contribution in [2.75, 3.05) is 0 Å². The van der Waals surface area contributed by atoms with E-state index in [0.717, 1.165) is 0 Å². The fourth-order valence-electron chi connectivity index (χ4n) is 0.687. The van der Waals surface area contributed by atoms with Gasteiger partial charge in [-0.05, 0) is 13.3 Å². The molecule has 0 aromatic carbocycles. The van der Waals surface area contributed by atoms with E-state index in [1.807, 2.05) is 13.8 Å². The summed E-state index contributed by atoms with van der Waals surface area (Å²) in [6, 6.07) is 1.31. The van der Waals surface area contributed by atoms with Crippen LogP contribution in [0.1, 0.15) is 48.0 Å². The number of hydrogen-bond donors (Lipinski definition) is 1. The van der Waals surface area contributed by atoms with Gasteiger partial charge in [-0.3, -0.25) is 0 Å². The van der Waals surface area contributed by atoms with Gasteiger partial charge in [-0.1, -0.05) is 34.6 Å². The largest absolute Gasteiger partial charge is 0.312 e. The fourth-order valence-corrected chi connectivity index (χ4v) is 0.687. The standard InChI is InChI=1S/C7H17N.C2H6/c1-5-7(4)8-6(2)3;1-2/h6-8H,5H2,1-4H3;1-2H3. The first-order chi connectivity index (χ1) is 4.66. The molecule has 1 N–H and O–H groups in total. The Morgan fingerprint density at radius 2 is 1.50 bits per heavy atom. The lowest BCUT2D eigenvalue weighted by Crippen LogP contribution is -2.31. The number of nitrogens with one attached hydrogen (secondary N) is 1. The van der Waals surface area contributed by atoms with Crippen LogP contribution < -0.4 is 5.32 Å². The first kappa shape index (κ1) is 12.6. The molecule has 1 atom stereocenters. The molecule has 0 aliphatic carbocycles. The fraction of sp³-hybridized carbons (Fsp3) is 1.00. The summed E-state index contributed by atoms with van der Waals surface area (Å²) in [5.74, 6) is 0. The monoisotopic (exact) mass is 145 g/mol. The van der Waals surface area contributed by atoms with Gasteiger partial charge in [-0.25, -0.2) is 0 Å².